The van der Waals surface area contributed by atoms with Gasteiger partial charge in [-0.05, 0) is 35.4 Å². The van der Waals surface area contributed by atoms with E-state index in [1.54, 1.807) is 23.9 Å². The Morgan fingerprint density at radius 2 is 1.65 bits per heavy atom. The summed E-state index contributed by atoms with van der Waals surface area (Å²) in [5.74, 6) is 1.56. The minimum Gasteiger partial charge on any atom is -0.399 e. The number of benzene rings is 2. The molecule has 0 aliphatic heterocycles. The lowest BCUT2D eigenvalue weighted by Gasteiger charge is -2.03. The second kappa shape index (κ2) is 5.73. The Bertz CT molecular complexity index is 482. The van der Waals surface area contributed by atoms with Crippen LogP contribution in [0.4, 0.5) is 10.1 Å². The monoisotopic (exact) mass is 247 g/mol. The lowest BCUT2D eigenvalue weighted by Crippen LogP contribution is -1.87. The average Bonchev–Trinajstić information content (AvgIpc) is 2.32. The van der Waals surface area contributed by atoms with Crippen molar-refractivity contribution in [1.29, 1.82) is 0 Å². The first-order chi connectivity index (χ1) is 8.24. The summed E-state index contributed by atoms with van der Waals surface area (Å²) in [5, 5.41) is 0. The van der Waals surface area contributed by atoms with E-state index in [9.17, 15) is 4.39 Å². The van der Waals surface area contributed by atoms with E-state index in [2.05, 4.69) is 0 Å². The molecule has 2 aromatic rings. The van der Waals surface area contributed by atoms with Crippen molar-refractivity contribution in [1.82, 2.24) is 0 Å². The standard InChI is InChI=1S/C14H14FNS/c15-13-3-1-2-12(8-13)10-17-9-11-4-6-14(16)7-5-11/h1-8H,9-10,16H2. The molecule has 88 valence electrons. The van der Waals surface area contributed by atoms with Gasteiger partial charge in [-0.25, -0.2) is 4.39 Å². The van der Waals surface area contributed by atoms with Gasteiger partial charge >= 0.3 is 0 Å². The molecule has 0 aromatic heterocycles. The fraction of sp³-hybridized carbons (Fsp3) is 0.143. The molecule has 0 spiro atoms. The molecule has 0 fully saturated rings. The number of thioether (sulfide) groups is 1. The second-order valence-corrected chi connectivity index (χ2v) is 4.85. The number of hydrogen-bond donors (Lipinski definition) is 1. The number of rotatable bonds is 4. The smallest absolute Gasteiger partial charge is 0.123 e. The van der Waals surface area contributed by atoms with Crippen LogP contribution in [0, 0.1) is 5.82 Å². The van der Waals surface area contributed by atoms with Crippen LogP contribution in [0.1, 0.15) is 11.1 Å². The normalized spacial score (nSPS) is 10.4. The van der Waals surface area contributed by atoms with Crippen LogP contribution in [0.2, 0.25) is 0 Å². The molecule has 2 N–H and O–H groups in total. The van der Waals surface area contributed by atoms with E-state index in [4.69, 9.17) is 5.73 Å². The molecule has 0 aliphatic rings. The third-order valence-electron chi connectivity index (χ3n) is 2.41. The van der Waals surface area contributed by atoms with Crippen LogP contribution in [0.25, 0.3) is 0 Å². The molecule has 2 aromatic carbocycles. The molecule has 0 atom stereocenters. The Morgan fingerprint density at radius 1 is 0.941 bits per heavy atom. The summed E-state index contributed by atoms with van der Waals surface area (Å²) in [5.41, 5.74) is 8.65. The number of nitrogen functional groups attached to an aromatic ring is 1. The number of anilines is 1. The van der Waals surface area contributed by atoms with E-state index in [-0.39, 0.29) is 5.82 Å². The third kappa shape index (κ3) is 3.79. The molecule has 17 heavy (non-hydrogen) atoms. The molecule has 2 rings (SSSR count). The minimum atomic E-state index is -0.171. The van der Waals surface area contributed by atoms with E-state index in [1.807, 2.05) is 30.3 Å². The quantitative estimate of drug-likeness (QED) is 0.831. The molecule has 3 heteroatoms. The van der Waals surface area contributed by atoms with Crippen molar-refractivity contribution in [3.63, 3.8) is 0 Å². The van der Waals surface area contributed by atoms with Crippen molar-refractivity contribution in [2.45, 2.75) is 11.5 Å². The molecule has 0 aliphatic carbocycles. The predicted molar refractivity (Wildman–Crippen MR) is 72.3 cm³/mol. The van der Waals surface area contributed by atoms with Gasteiger partial charge in [0.25, 0.3) is 0 Å². The minimum absolute atomic E-state index is 0.171. The van der Waals surface area contributed by atoms with Gasteiger partial charge in [0.05, 0.1) is 0 Å². The first kappa shape index (κ1) is 12.0. The maximum Gasteiger partial charge on any atom is 0.123 e. The van der Waals surface area contributed by atoms with Gasteiger partial charge in [-0.3, -0.25) is 0 Å². The molecule has 0 saturated carbocycles. The number of nitrogens with two attached hydrogens (primary N) is 1. The van der Waals surface area contributed by atoms with Crippen LogP contribution in [-0.4, -0.2) is 0 Å². The zero-order chi connectivity index (χ0) is 12.1. The van der Waals surface area contributed by atoms with Crippen molar-refractivity contribution in [3.8, 4) is 0 Å². The molecule has 0 radical (unpaired) electrons. The molecule has 0 heterocycles. The lowest BCUT2D eigenvalue weighted by molar-refractivity contribution is 0.626. The second-order valence-electron chi connectivity index (χ2n) is 3.86. The van der Waals surface area contributed by atoms with Crippen LogP contribution in [0.5, 0.6) is 0 Å². The molecular weight excluding hydrogens is 233 g/mol. The molecular formula is C14H14FNS. The fourth-order valence-electron chi connectivity index (χ4n) is 1.53. The van der Waals surface area contributed by atoms with Crippen LogP contribution in [-0.2, 0) is 11.5 Å². The number of halogens is 1. The summed E-state index contributed by atoms with van der Waals surface area (Å²) >= 11 is 1.77. The summed E-state index contributed by atoms with van der Waals surface area (Å²) in [7, 11) is 0. The van der Waals surface area contributed by atoms with E-state index >= 15 is 0 Å². The summed E-state index contributed by atoms with van der Waals surface area (Å²) in [4.78, 5) is 0. The van der Waals surface area contributed by atoms with Gasteiger partial charge in [-0.2, -0.15) is 11.8 Å². The van der Waals surface area contributed by atoms with Gasteiger partial charge in [0, 0.05) is 17.2 Å². The Balaban J connectivity index is 1.85. The van der Waals surface area contributed by atoms with E-state index in [0.717, 1.165) is 22.8 Å². The Hall–Kier alpha value is -1.48. The van der Waals surface area contributed by atoms with Crippen molar-refractivity contribution in [3.05, 3.63) is 65.5 Å². The highest BCUT2D eigenvalue weighted by molar-refractivity contribution is 7.97. The molecule has 0 saturated heterocycles. The first-order valence-corrected chi connectivity index (χ1v) is 6.56. The van der Waals surface area contributed by atoms with Crippen LogP contribution in [0.15, 0.2) is 48.5 Å². The zero-order valence-corrected chi connectivity index (χ0v) is 10.2. The van der Waals surface area contributed by atoms with Gasteiger partial charge in [-0.1, -0.05) is 24.3 Å². The average molecular weight is 247 g/mol. The van der Waals surface area contributed by atoms with Gasteiger partial charge in [0.15, 0.2) is 0 Å². The Morgan fingerprint density at radius 3 is 2.35 bits per heavy atom. The molecule has 0 amide bonds. The Kier molecular flexibility index (Phi) is 4.04. The van der Waals surface area contributed by atoms with Gasteiger partial charge in [0.2, 0.25) is 0 Å². The maximum atomic E-state index is 12.9. The van der Waals surface area contributed by atoms with Crippen LogP contribution < -0.4 is 5.73 Å². The van der Waals surface area contributed by atoms with E-state index in [1.165, 1.54) is 11.6 Å². The largest absolute Gasteiger partial charge is 0.399 e. The van der Waals surface area contributed by atoms with Crippen molar-refractivity contribution < 1.29 is 4.39 Å². The summed E-state index contributed by atoms with van der Waals surface area (Å²) in [6.07, 6.45) is 0. The summed E-state index contributed by atoms with van der Waals surface area (Å²) < 4.78 is 12.9. The summed E-state index contributed by atoms with van der Waals surface area (Å²) in [6, 6.07) is 14.6. The lowest BCUT2D eigenvalue weighted by atomic mass is 10.2. The molecule has 1 nitrogen and oxygen atoms in total. The first-order valence-electron chi connectivity index (χ1n) is 5.40. The fourth-order valence-corrected chi connectivity index (χ4v) is 2.47. The molecule has 0 bridgehead atoms. The topological polar surface area (TPSA) is 26.0 Å². The third-order valence-corrected chi connectivity index (χ3v) is 3.48. The van der Waals surface area contributed by atoms with Gasteiger partial charge in [0.1, 0.15) is 5.82 Å². The highest BCUT2D eigenvalue weighted by atomic mass is 32.2. The van der Waals surface area contributed by atoms with Crippen LogP contribution in [0.3, 0.4) is 0 Å². The predicted octanol–water partition coefficient (Wildman–Crippen LogP) is 3.84. The Labute approximate surface area is 105 Å². The zero-order valence-electron chi connectivity index (χ0n) is 9.40. The van der Waals surface area contributed by atoms with E-state index in [0.29, 0.717) is 0 Å². The maximum absolute atomic E-state index is 12.9. The SMILES string of the molecule is Nc1ccc(CSCc2cccc(F)c2)cc1. The summed E-state index contributed by atoms with van der Waals surface area (Å²) in [6.45, 7) is 0. The van der Waals surface area contributed by atoms with Crippen LogP contribution >= 0.6 is 11.8 Å². The van der Waals surface area contributed by atoms with Crippen molar-refractivity contribution in [2.75, 3.05) is 5.73 Å². The molecule has 0 unspecified atom stereocenters. The van der Waals surface area contributed by atoms with E-state index < -0.39 is 0 Å². The number of hydrogen-bond acceptors (Lipinski definition) is 2. The highest BCUT2D eigenvalue weighted by Gasteiger charge is 1.97. The van der Waals surface area contributed by atoms with Gasteiger partial charge < -0.3 is 5.73 Å². The van der Waals surface area contributed by atoms with Crippen molar-refractivity contribution >= 4 is 17.4 Å². The van der Waals surface area contributed by atoms with Gasteiger partial charge in [-0.15, -0.1) is 0 Å². The van der Waals surface area contributed by atoms with Crippen molar-refractivity contribution in [2.24, 2.45) is 0 Å². The highest BCUT2D eigenvalue weighted by Crippen LogP contribution is 2.19.